The van der Waals surface area contributed by atoms with E-state index in [4.69, 9.17) is 4.74 Å². The Bertz CT molecular complexity index is 1290. The van der Waals surface area contributed by atoms with Crippen molar-refractivity contribution in [1.82, 2.24) is 15.3 Å². The highest BCUT2D eigenvalue weighted by atomic mass is 32.2. The predicted octanol–water partition coefficient (Wildman–Crippen LogP) is 4.26. The molecular weight excluding hydrogens is 398 g/mol. The largest absolute Gasteiger partial charge is 0.487 e. The van der Waals surface area contributed by atoms with Gasteiger partial charge in [-0.3, -0.25) is 19.9 Å². The third-order valence-electron chi connectivity index (χ3n) is 4.94. The maximum Gasteiger partial charge on any atom is 0.286 e. The van der Waals surface area contributed by atoms with Crippen LogP contribution in [0.5, 0.6) is 5.75 Å². The van der Waals surface area contributed by atoms with E-state index < -0.39 is 5.25 Å². The number of aromatic nitrogens is 2. The van der Waals surface area contributed by atoms with E-state index in [2.05, 4.69) is 15.3 Å². The van der Waals surface area contributed by atoms with Crippen molar-refractivity contribution in [3.8, 4) is 5.75 Å². The fraction of sp³-hybridized carbons (Fsp3) is 0.130. The van der Waals surface area contributed by atoms with Crippen molar-refractivity contribution >= 4 is 44.7 Å². The maximum absolute atomic E-state index is 11.8. The Morgan fingerprint density at radius 1 is 0.967 bits per heavy atom. The third-order valence-corrected chi connectivity index (χ3v) is 5.92. The Morgan fingerprint density at radius 2 is 1.83 bits per heavy atom. The number of amides is 2. The molecule has 0 aliphatic carbocycles. The van der Waals surface area contributed by atoms with E-state index in [-0.39, 0.29) is 11.1 Å². The number of fused-ring (bicyclic) bond motifs is 2. The van der Waals surface area contributed by atoms with Crippen molar-refractivity contribution in [1.29, 1.82) is 0 Å². The van der Waals surface area contributed by atoms with Gasteiger partial charge in [0.25, 0.3) is 5.24 Å². The minimum Gasteiger partial charge on any atom is -0.487 e. The van der Waals surface area contributed by atoms with Crippen LogP contribution in [0.2, 0.25) is 0 Å². The van der Waals surface area contributed by atoms with Crippen LogP contribution >= 0.6 is 11.8 Å². The van der Waals surface area contributed by atoms with Gasteiger partial charge >= 0.3 is 0 Å². The number of nitrogens with one attached hydrogen (secondary N) is 1. The first-order chi connectivity index (χ1) is 14.6. The van der Waals surface area contributed by atoms with Gasteiger partial charge in [-0.15, -0.1) is 0 Å². The van der Waals surface area contributed by atoms with Crippen molar-refractivity contribution in [2.75, 3.05) is 0 Å². The van der Waals surface area contributed by atoms with E-state index in [0.717, 1.165) is 44.8 Å². The number of rotatable bonds is 5. The second-order valence-electron chi connectivity index (χ2n) is 7.07. The Hall–Kier alpha value is -3.45. The summed E-state index contributed by atoms with van der Waals surface area (Å²) in [6.45, 7) is 0.371. The summed E-state index contributed by atoms with van der Waals surface area (Å²) in [6.07, 6.45) is 2.21. The first-order valence-corrected chi connectivity index (χ1v) is 10.4. The number of carbonyl (C=O) groups is 2. The molecule has 1 aliphatic heterocycles. The topological polar surface area (TPSA) is 81.2 Å². The van der Waals surface area contributed by atoms with Crippen LogP contribution in [0.1, 0.15) is 11.3 Å². The standard InChI is InChI=1S/C23H17N3O3S/c27-22-21(30-23(28)26-22)10-14-9-16-6-8-18(11-20(16)24-12-14)29-13-17-7-5-15-3-1-2-4-19(15)25-17/h1-9,11-12,21H,10,13H2,(H,26,27,28). The van der Waals surface area contributed by atoms with Crippen molar-refractivity contribution in [3.63, 3.8) is 0 Å². The SMILES string of the molecule is O=C1NC(=O)C(Cc2cnc3cc(OCc4ccc5ccccc5n4)ccc3c2)S1. The van der Waals surface area contributed by atoms with E-state index in [1.807, 2.05) is 60.7 Å². The van der Waals surface area contributed by atoms with Gasteiger partial charge in [0.2, 0.25) is 5.91 Å². The van der Waals surface area contributed by atoms with Gasteiger partial charge in [0.05, 0.1) is 22.0 Å². The number of pyridine rings is 2. The summed E-state index contributed by atoms with van der Waals surface area (Å²) in [5.41, 5.74) is 3.53. The molecule has 1 aliphatic rings. The molecule has 2 aromatic carbocycles. The smallest absolute Gasteiger partial charge is 0.286 e. The summed E-state index contributed by atoms with van der Waals surface area (Å²) in [4.78, 5) is 32.2. The molecule has 0 radical (unpaired) electrons. The zero-order valence-electron chi connectivity index (χ0n) is 15.9. The summed E-state index contributed by atoms with van der Waals surface area (Å²) >= 11 is 1.03. The van der Waals surface area contributed by atoms with E-state index in [1.54, 1.807) is 6.20 Å². The second kappa shape index (κ2) is 7.76. The summed E-state index contributed by atoms with van der Waals surface area (Å²) < 4.78 is 5.92. The van der Waals surface area contributed by atoms with Crippen LogP contribution in [-0.4, -0.2) is 26.4 Å². The zero-order chi connectivity index (χ0) is 20.5. The van der Waals surface area contributed by atoms with Crippen LogP contribution < -0.4 is 10.1 Å². The summed E-state index contributed by atoms with van der Waals surface area (Å²) in [5, 5.41) is 3.69. The van der Waals surface area contributed by atoms with Crippen LogP contribution in [0.25, 0.3) is 21.8 Å². The average Bonchev–Trinajstić information content (AvgIpc) is 3.08. The Balaban J connectivity index is 1.29. The molecule has 0 saturated carbocycles. The summed E-state index contributed by atoms with van der Waals surface area (Å²) in [5.74, 6) is 0.477. The molecule has 5 rings (SSSR count). The number of thioether (sulfide) groups is 1. The average molecular weight is 415 g/mol. The number of ether oxygens (including phenoxy) is 1. The molecule has 0 spiro atoms. The number of hydrogen-bond donors (Lipinski definition) is 1. The fourth-order valence-electron chi connectivity index (χ4n) is 3.44. The molecule has 1 saturated heterocycles. The van der Waals surface area contributed by atoms with Gasteiger partial charge in [0.1, 0.15) is 12.4 Å². The van der Waals surface area contributed by atoms with Crippen molar-refractivity contribution in [3.05, 3.63) is 78.1 Å². The molecule has 1 N–H and O–H groups in total. The van der Waals surface area contributed by atoms with Gasteiger partial charge in [-0.1, -0.05) is 36.0 Å². The highest BCUT2D eigenvalue weighted by Gasteiger charge is 2.31. The number of hydrogen-bond acceptors (Lipinski definition) is 6. The fourth-order valence-corrected chi connectivity index (χ4v) is 4.30. The van der Waals surface area contributed by atoms with Crippen molar-refractivity contribution in [2.45, 2.75) is 18.3 Å². The van der Waals surface area contributed by atoms with Gasteiger partial charge in [-0.25, -0.2) is 4.98 Å². The molecule has 2 amide bonds. The minimum atomic E-state index is -0.395. The highest BCUT2D eigenvalue weighted by molar-refractivity contribution is 8.15. The first kappa shape index (κ1) is 18.6. The summed E-state index contributed by atoms with van der Waals surface area (Å²) in [6, 6.07) is 19.7. The summed E-state index contributed by atoms with van der Waals surface area (Å²) in [7, 11) is 0. The van der Waals surface area contributed by atoms with Gasteiger partial charge in [0, 0.05) is 23.0 Å². The monoisotopic (exact) mass is 415 g/mol. The minimum absolute atomic E-state index is 0.240. The number of imide groups is 1. The third kappa shape index (κ3) is 3.84. The lowest BCUT2D eigenvalue weighted by Crippen LogP contribution is -2.25. The molecule has 3 heterocycles. The Labute approximate surface area is 176 Å². The molecular formula is C23H17N3O3S. The number of nitrogens with zero attached hydrogens (tertiary/aromatic N) is 2. The lowest BCUT2D eigenvalue weighted by atomic mass is 10.1. The predicted molar refractivity (Wildman–Crippen MR) is 116 cm³/mol. The van der Waals surface area contributed by atoms with E-state index in [0.29, 0.717) is 18.8 Å². The lowest BCUT2D eigenvalue weighted by molar-refractivity contribution is -0.118. The molecule has 0 bridgehead atoms. The molecule has 6 nitrogen and oxygen atoms in total. The number of benzene rings is 2. The van der Waals surface area contributed by atoms with E-state index in [9.17, 15) is 9.59 Å². The highest BCUT2D eigenvalue weighted by Crippen LogP contribution is 2.25. The van der Waals surface area contributed by atoms with Crippen LogP contribution in [-0.2, 0) is 17.8 Å². The number of carbonyl (C=O) groups excluding carboxylic acids is 2. The zero-order valence-corrected chi connectivity index (χ0v) is 16.7. The van der Waals surface area contributed by atoms with Gasteiger partial charge in [-0.2, -0.15) is 0 Å². The molecule has 30 heavy (non-hydrogen) atoms. The molecule has 148 valence electrons. The van der Waals surface area contributed by atoms with Crippen molar-refractivity contribution in [2.24, 2.45) is 0 Å². The Kier molecular flexibility index (Phi) is 4.80. The van der Waals surface area contributed by atoms with Gasteiger partial charge in [0.15, 0.2) is 0 Å². The molecule has 2 aromatic heterocycles. The van der Waals surface area contributed by atoms with Gasteiger partial charge < -0.3 is 4.74 Å². The molecule has 7 heteroatoms. The number of para-hydroxylation sites is 1. The molecule has 1 unspecified atom stereocenters. The van der Waals surface area contributed by atoms with Crippen LogP contribution in [0, 0.1) is 0 Å². The quantitative estimate of drug-likeness (QED) is 0.525. The normalized spacial score (nSPS) is 16.2. The van der Waals surface area contributed by atoms with Crippen LogP contribution in [0.4, 0.5) is 4.79 Å². The second-order valence-corrected chi connectivity index (χ2v) is 8.24. The molecule has 1 fully saturated rings. The Morgan fingerprint density at radius 3 is 2.70 bits per heavy atom. The molecule has 4 aromatic rings. The van der Waals surface area contributed by atoms with Crippen LogP contribution in [0.15, 0.2) is 66.9 Å². The maximum atomic E-state index is 11.8. The van der Waals surface area contributed by atoms with Crippen molar-refractivity contribution < 1.29 is 14.3 Å². The van der Waals surface area contributed by atoms with E-state index >= 15 is 0 Å². The van der Waals surface area contributed by atoms with E-state index in [1.165, 1.54) is 0 Å². The van der Waals surface area contributed by atoms with Crippen LogP contribution in [0.3, 0.4) is 0 Å². The lowest BCUT2D eigenvalue weighted by Gasteiger charge is -2.09. The molecule has 1 atom stereocenters. The first-order valence-electron chi connectivity index (χ1n) is 9.52. The van der Waals surface area contributed by atoms with Gasteiger partial charge in [-0.05, 0) is 42.3 Å².